The van der Waals surface area contributed by atoms with Crippen LogP contribution in [0.15, 0.2) is 47.6 Å². The monoisotopic (exact) mass is 365 g/mol. The normalized spacial score (nSPS) is 18.3. The molecule has 2 aromatic carbocycles. The summed E-state index contributed by atoms with van der Waals surface area (Å²) in [4.78, 5) is 14.6. The summed E-state index contributed by atoms with van der Waals surface area (Å²) >= 11 is 0. The number of rotatable bonds is 4. The van der Waals surface area contributed by atoms with Gasteiger partial charge in [0.2, 0.25) is 0 Å². The Bertz CT molecular complexity index is 874. The molecular weight excluding hydrogens is 338 g/mol. The molecule has 142 valence electrons. The molecule has 1 N–H and O–H groups in total. The number of carbonyl (C=O) groups excluding carboxylic acids is 1. The van der Waals surface area contributed by atoms with Gasteiger partial charge in [-0.15, -0.1) is 0 Å². The largest absolute Gasteiger partial charge is 0.496 e. The molecule has 0 bridgehead atoms. The quantitative estimate of drug-likeness (QED) is 0.653. The second kappa shape index (κ2) is 7.43. The first kappa shape index (κ1) is 19.0. The van der Waals surface area contributed by atoms with Crippen LogP contribution in [0.4, 0.5) is 5.69 Å². The molecule has 1 unspecified atom stereocenters. The van der Waals surface area contributed by atoms with E-state index in [0.717, 1.165) is 12.0 Å². The minimum absolute atomic E-state index is 0.144. The first-order valence-electron chi connectivity index (χ1n) is 9.17. The number of ether oxygens (including phenoxy) is 1. The van der Waals surface area contributed by atoms with Crippen LogP contribution < -0.4 is 15.1 Å². The summed E-state index contributed by atoms with van der Waals surface area (Å²) in [6, 6.07) is 13.4. The highest BCUT2D eigenvalue weighted by Gasteiger charge is 2.33. The zero-order valence-corrected chi connectivity index (χ0v) is 16.6. The highest BCUT2D eigenvalue weighted by molar-refractivity contribution is 5.97. The molecule has 0 aliphatic carbocycles. The van der Waals surface area contributed by atoms with Crippen molar-refractivity contribution < 1.29 is 9.53 Å². The molecule has 0 aromatic heterocycles. The second-order valence-corrected chi connectivity index (χ2v) is 7.69. The Labute approximate surface area is 161 Å². The predicted octanol–water partition coefficient (Wildman–Crippen LogP) is 4.18. The van der Waals surface area contributed by atoms with E-state index in [9.17, 15) is 4.79 Å². The number of amides is 1. The number of nitrogens with one attached hydrogen (secondary N) is 1. The lowest BCUT2D eigenvalue weighted by Gasteiger charge is -2.45. The molecule has 0 fully saturated rings. The molecule has 3 rings (SSSR count). The molecule has 0 saturated carbocycles. The Morgan fingerprint density at radius 1 is 1.30 bits per heavy atom. The van der Waals surface area contributed by atoms with Gasteiger partial charge in [-0.25, -0.2) is 5.43 Å². The lowest BCUT2D eigenvalue weighted by molar-refractivity contribution is 0.0952. The average Bonchev–Trinajstić information content (AvgIpc) is 2.65. The molecule has 1 atom stereocenters. The third-order valence-corrected chi connectivity index (χ3v) is 5.39. The number of hydrazone groups is 1. The summed E-state index contributed by atoms with van der Waals surface area (Å²) in [5.41, 5.74) is 6.72. The molecule has 1 heterocycles. The van der Waals surface area contributed by atoms with Crippen LogP contribution in [0.1, 0.15) is 54.6 Å². The minimum Gasteiger partial charge on any atom is -0.496 e. The van der Waals surface area contributed by atoms with Gasteiger partial charge < -0.3 is 9.64 Å². The molecule has 1 aliphatic heterocycles. The first-order valence-corrected chi connectivity index (χ1v) is 9.17. The van der Waals surface area contributed by atoms with Gasteiger partial charge in [-0.3, -0.25) is 4.79 Å². The van der Waals surface area contributed by atoms with Crippen molar-refractivity contribution in [3.8, 4) is 5.75 Å². The van der Waals surface area contributed by atoms with Gasteiger partial charge in [0.25, 0.3) is 5.91 Å². The molecule has 27 heavy (non-hydrogen) atoms. The zero-order valence-electron chi connectivity index (χ0n) is 16.6. The van der Waals surface area contributed by atoms with E-state index in [0.29, 0.717) is 17.2 Å². The number of anilines is 1. The molecule has 0 spiro atoms. The standard InChI is InChI=1S/C22H27N3O2/c1-15-13-22(2,3)25(4)19-11-10-16(12-18(15)19)14-23-24-21(26)17-8-6-7-9-20(17)27-5/h6-12,14-15H,13H2,1-5H3,(H,24,26)/b23-14+. The third-order valence-electron chi connectivity index (χ3n) is 5.39. The second-order valence-electron chi connectivity index (χ2n) is 7.69. The van der Waals surface area contributed by atoms with E-state index in [1.165, 1.54) is 11.3 Å². The van der Waals surface area contributed by atoms with Crippen LogP contribution in [0.5, 0.6) is 5.75 Å². The highest BCUT2D eigenvalue weighted by Crippen LogP contribution is 2.42. The Hall–Kier alpha value is -2.82. The van der Waals surface area contributed by atoms with Gasteiger partial charge in [0.1, 0.15) is 5.75 Å². The van der Waals surface area contributed by atoms with Gasteiger partial charge in [-0.2, -0.15) is 5.10 Å². The summed E-state index contributed by atoms with van der Waals surface area (Å²) in [5, 5.41) is 4.12. The minimum atomic E-state index is -0.295. The van der Waals surface area contributed by atoms with Gasteiger partial charge in [0.15, 0.2) is 0 Å². The predicted molar refractivity (Wildman–Crippen MR) is 110 cm³/mol. The number of hydrogen-bond acceptors (Lipinski definition) is 4. The zero-order chi connectivity index (χ0) is 19.6. The number of methoxy groups -OCH3 is 1. The lowest BCUT2D eigenvalue weighted by Crippen LogP contribution is -2.45. The Kier molecular flexibility index (Phi) is 5.22. The summed E-state index contributed by atoms with van der Waals surface area (Å²) in [6.07, 6.45) is 2.78. The van der Waals surface area contributed by atoms with E-state index in [2.05, 4.69) is 55.4 Å². The van der Waals surface area contributed by atoms with Crippen LogP contribution >= 0.6 is 0 Å². The molecule has 2 aromatic rings. The van der Waals surface area contributed by atoms with Crippen LogP contribution in [-0.2, 0) is 0 Å². The van der Waals surface area contributed by atoms with E-state index < -0.39 is 0 Å². The number of carbonyl (C=O) groups is 1. The van der Waals surface area contributed by atoms with Gasteiger partial charge in [-0.1, -0.05) is 25.1 Å². The highest BCUT2D eigenvalue weighted by atomic mass is 16.5. The van der Waals surface area contributed by atoms with Gasteiger partial charge in [0, 0.05) is 18.3 Å². The van der Waals surface area contributed by atoms with Crippen LogP contribution in [0.3, 0.4) is 0 Å². The SMILES string of the molecule is COc1ccccc1C(=O)N/N=C/c1ccc2c(c1)C(C)CC(C)(C)N2C. The van der Waals surface area contributed by atoms with Gasteiger partial charge in [0.05, 0.1) is 18.9 Å². The van der Waals surface area contributed by atoms with Crippen molar-refractivity contribution in [1.82, 2.24) is 5.43 Å². The smallest absolute Gasteiger partial charge is 0.275 e. The van der Waals surface area contributed by atoms with Crippen molar-refractivity contribution >= 4 is 17.8 Å². The molecule has 5 nitrogen and oxygen atoms in total. The molecule has 5 heteroatoms. The first-order chi connectivity index (χ1) is 12.8. The molecule has 1 amide bonds. The number of benzene rings is 2. The van der Waals surface area contributed by atoms with Crippen LogP contribution in [-0.4, -0.2) is 31.8 Å². The Balaban J connectivity index is 1.75. The van der Waals surface area contributed by atoms with E-state index >= 15 is 0 Å². The average molecular weight is 365 g/mol. The van der Waals surface area contributed by atoms with Crippen LogP contribution in [0.25, 0.3) is 0 Å². The van der Waals surface area contributed by atoms with Crippen molar-refractivity contribution in [2.45, 2.75) is 38.6 Å². The van der Waals surface area contributed by atoms with E-state index in [1.807, 2.05) is 12.1 Å². The van der Waals surface area contributed by atoms with Crippen molar-refractivity contribution in [2.24, 2.45) is 5.10 Å². The summed E-state index contributed by atoms with van der Waals surface area (Å²) in [5.74, 6) is 0.706. The fraction of sp³-hybridized carbons (Fsp3) is 0.364. The fourth-order valence-corrected chi connectivity index (χ4v) is 3.73. The maximum atomic E-state index is 12.3. The van der Waals surface area contributed by atoms with E-state index in [-0.39, 0.29) is 11.4 Å². The number of para-hydroxylation sites is 1. The number of nitrogens with zero attached hydrogens (tertiary/aromatic N) is 2. The van der Waals surface area contributed by atoms with E-state index in [1.54, 1.807) is 31.5 Å². The van der Waals surface area contributed by atoms with Crippen molar-refractivity contribution in [3.05, 3.63) is 59.2 Å². The summed E-state index contributed by atoms with van der Waals surface area (Å²) < 4.78 is 5.21. The van der Waals surface area contributed by atoms with Crippen molar-refractivity contribution in [1.29, 1.82) is 0 Å². The van der Waals surface area contributed by atoms with Crippen molar-refractivity contribution in [3.63, 3.8) is 0 Å². The lowest BCUT2D eigenvalue weighted by atomic mass is 9.80. The van der Waals surface area contributed by atoms with Gasteiger partial charge in [-0.05, 0) is 61.6 Å². The summed E-state index contributed by atoms with van der Waals surface area (Å²) in [7, 11) is 3.69. The molecule has 0 radical (unpaired) electrons. The molecule has 1 aliphatic rings. The van der Waals surface area contributed by atoms with E-state index in [4.69, 9.17) is 4.74 Å². The maximum absolute atomic E-state index is 12.3. The van der Waals surface area contributed by atoms with Gasteiger partial charge >= 0.3 is 0 Å². The maximum Gasteiger partial charge on any atom is 0.275 e. The number of hydrogen-bond donors (Lipinski definition) is 1. The van der Waals surface area contributed by atoms with Crippen LogP contribution in [0.2, 0.25) is 0 Å². The third kappa shape index (κ3) is 3.82. The molecule has 0 saturated heterocycles. The molecular formula is C22H27N3O2. The topological polar surface area (TPSA) is 53.9 Å². The summed E-state index contributed by atoms with van der Waals surface area (Å²) in [6.45, 7) is 6.81. The van der Waals surface area contributed by atoms with Crippen molar-refractivity contribution in [2.75, 3.05) is 19.1 Å². The Morgan fingerprint density at radius 2 is 2.04 bits per heavy atom. The number of fused-ring (bicyclic) bond motifs is 1. The van der Waals surface area contributed by atoms with Crippen LogP contribution in [0, 0.1) is 0 Å². The fourth-order valence-electron chi connectivity index (χ4n) is 3.73. The Morgan fingerprint density at radius 3 is 2.78 bits per heavy atom.